The molecule has 3 aliphatic heterocycles. The van der Waals surface area contributed by atoms with Crippen LogP contribution < -0.4 is 0 Å². The Morgan fingerprint density at radius 3 is 2.54 bits per heavy atom. The number of likely N-dealkylation sites (tertiary alicyclic amines) is 2. The van der Waals surface area contributed by atoms with E-state index in [9.17, 15) is 9.59 Å². The number of piperidine rings is 1. The van der Waals surface area contributed by atoms with E-state index >= 15 is 0 Å². The normalized spacial score (nSPS) is 27.0. The van der Waals surface area contributed by atoms with Crippen LogP contribution in [0.4, 0.5) is 4.79 Å². The maximum absolute atomic E-state index is 13.0. The van der Waals surface area contributed by atoms with E-state index < -0.39 is 0 Å². The zero-order chi connectivity index (χ0) is 18.7. The van der Waals surface area contributed by atoms with Crippen molar-refractivity contribution in [3.05, 3.63) is 11.0 Å². The van der Waals surface area contributed by atoms with Crippen LogP contribution in [0, 0.1) is 17.3 Å². The van der Waals surface area contributed by atoms with Gasteiger partial charge in [-0.2, -0.15) is 0 Å². The summed E-state index contributed by atoms with van der Waals surface area (Å²) in [4.78, 5) is 29.8. The first kappa shape index (κ1) is 19.6. The van der Waals surface area contributed by atoms with Crippen molar-refractivity contribution in [2.45, 2.75) is 46.0 Å². The van der Waals surface area contributed by atoms with E-state index in [-0.39, 0.29) is 12.0 Å². The van der Waals surface area contributed by atoms with Crippen LogP contribution in [0.25, 0.3) is 0 Å². The van der Waals surface area contributed by atoms with E-state index in [0.29, 0.717) is 17.2 Å². The molecule has 2 saturated heterocycles. The molecule has 0 aromatic rings. The monoisotopic (exact) mass is 380 g/mol. The molecule has 0 bridgehead atoms. The van der Waals surface area contributed by atoms with E-state index in [2.05, 4.69) is 24.8 Å². The summed E-state index contributed by atoms with van der Waals surface area (Å²) in [6, 6.07) is 0. The van der Waals surface area contributed by atoms with E-state index in [1.807, 2.05) is 11.8 Å². The lowest BCUT2D eigenvalue weighted by molar-refractivity contribution is -0.133. The fraction of sp³-hybridized carbons (Fsp3) is 0.800. The van der Waals surface area contributed by atoms with Crippen molar-refractivity contribution in [3.63, 3.8) is 0 Å². The van der Waals surface area contributed by atoms with Crippen LogP contribution in [0.2, 0.25) is 0 Å². The molecule has 0 aliphatic carbocycles. The predicted molar refractivity (Wildman–Crippen MR) is 105 cm³/mol. The largest absolute Gasteiger partial charge is 0.453 e. The van der Waals surface area contributed by atoms with Gasteiger partial charge in [0.1, 0.15) is 0 Å². The zero-order valence-electron chi connectivity index (χ0n) is 16.3. The Bertz CT molecular complexity index is 567. The first-order valence-electron chi connectivity index (χ1n) is 9.86. The minimum absolute atomic E-state index is 0.0369. The molecule has 1 unspecified atom stereocenters. The van der Waals surface area contributed by atoms with E-state index in [4.69, 9.17) is 4.74 Å². The van der Waals surface area contributed by atoms with Crippen LogP contribution in [-0.4, -0.2) is 60.8 Å². The molecule has 0 aromatic heterocycles. The van der Waals surface area contributed by atoms with Gasteiger partial charge in [0.2, 0.25) is 5.91 Å². The van der Waals surface area contributed by atoms with Crippen LogP contribution in [0.3, 0.4) is 0 Å². The third kappa shape index (κ3) is 4.56. The lowest BCUT2D eigenvalue weighted by Crippen LogP contribution is -2.38. The standard InChI is InChI=1S/C20H32N2O3S/c1-20(2)7-4-9-21(12-8-20)18(23)16-13-17(26-14-16)15-5-10-22(11-6-15)19(24)25-3/h13,15-16H,4-12,14H2,1-3H3. The number of methoxy groups -OCH3 is 1. The van der Waals surface area contributed by atoms with Gasteiger partial charge >= 0.3 is 6.09 Å². The third-order valence-electron chi connectivity index (χ3n) is 6.09. The molecule has 0 spiro atoms. The Morgan fingerprint density at radius 1 is 1.12 bits per heavy atom. The van der Waals surface area contributed by atoms with Crippen LogP contribution in [0.15, 0.2) is 11.0 Å². The average Bonchev–Trinajstić information content (AvgIpc) is 3.06. The summed E-state index contributed by atoms with van der Waals surface area (Å²) in [7, 11) is 1.43. The Hall–Kier alpha value is -1.17. The molecule has 146 valence electrons. The lowest BCUT2D eigenvalue weighted by Gasteiger charge is -2.31. The molecule has 6 heteroatoms. The highest BCUT2D eigenvalue weighted by Gasteiger charge is 2.34. The maximum atomic E-state index is 13.0. The zero-order valence-corrected chi connectivity index (χ0v) is 17.1. The molecule has 5 nitrogen and oxygen atoms in total. The highest BCUT2D eigenvalue weighted by Crippen LogP contribution is 2.40. The van der Waals surface area contributed by atoms with Crippen molar-refractivity contribution >= 4 is 23.8 Å². The van der Waals surface area contributed by atoms with Crippen molar-refractivity contribution in [1.29, 1.82) is 0 Å². The van der Waals surface area contributed by atoms with E-state index in [1.54, 1.807) is 4.90 Å². The second-order valence-electron chi connectivity index (χ2n) is 8.56. The molecular formula is C20H32N2O3S. The molecule has 0 N–H and O–H groups in total. The Balaban J connectivity index is 1.54. The number of thioether (sulfide) groups is 1. The Labute approximate surface area is 161 Å². The van der Waals surface area contributed by atoms with Gasteiger partial charge in [0.25, 0.3) is 0 Å². The molecule has 2 amide bonds. The fourth-order valence-corrected chi connectivity index (χ4v) is 5.57. The molecule has 3 rings (SSSR count). The van der Waals surface area contributed by atoms with Gasteiger partial charge in [-0.1, -0.05) is 19.9 Å². The summed E-state index contributed by atoms with van der Waals surface area (Å²) < 4.78 is 4.81. The molecule has 2 fully saturated rings. The molecule has 0 saturated carbocycles. The number of hydrogen-bond donors (Lipinski definition) is 0. The van der Waals surface area contributed by atoms with Gasteiger partial charge in [0.15, 0.2) is 0 Å². The lowest BCUT2D eigenvalue weighted by atomic mass is 9.85. The smallest absolute Gasteiger partial charge is 0.409 e. The molecular weight excluding hydrogens is 348 g/mol. The highest BCUT2D eigenvalue weighted by molar-refractivity contribution is 8.03. The van der Waals surface area contributed by atoms with Gasteiger partial charge in [0, 0.05) is 31.9 Å². The van der Waals surface area contributed by atoms with Crippen LogP contribution >= 0.6 is 11.8 Å². The van der Waals surface area contributed by atoms with Crippen molar-refractivity contribution in [3.8, 4) is 0 Å². The van der Waals surface area contributed by atoms with Gasteiger partial charge in [0.05, 0.1) is 13.0 Å². The average molecular weight is 381 g/mol. The minimum Gasteiger partial charge on any atom is -0.453 e. The van der Waals surface area contributed by atoms with Crippen molar-refractivity contribution in [2.24, 2.45) is 17.3 Å². The van der Waals surface area contributed by atoms with Gasteiger partial charge in [-0.3, -0.25) is 4.79 Å². The number of rotatable bonds is 2. The summed E-state index contributed by atoms with van der Waals surface area (Å²) in [5.74, 6) is 1.72. The maximum Gasteiger partial charge on any atom is 0.409 e. The number of carbonyl (C=O) groups excluding carboxylic acids is 2. The number of nitrogens with zero attached hydrogens (tertiary/aromatic N) is 2. The Morgan fingerprint density at radius 2 is 1.85 bits per heavy atom. The quantitative estimate of drug-likeness (QED) is 0.732. The third-order valence-corrected chi connectivity index (χ3v) is 7.42. The summed E-state index contributed by atoms with van der Waals surface area (Å²) >= 11 is 1.85. The van der Waals surface area contributed by atoms with Gasteiger partial charge in [-0.15, -0.1) is 11.8 Å². The SMILES string of the molecule is COC(=O)N1CCC(C2=CC(C(=O)N3CCCC(C)(C)CC3)CS2)CC1. The number of carbonyl (C=O) groups is 2. The van der Waals surface area contributed by atoms with Gasteiger partial charge < -0.3 is 14.5 Å². The molecule has 26 heavy (non-hydrogen) atoms. The second kappa shape index (κ2) is 8.24. The van der Waals surface area contributed by atoms with E-state index in [1.165, 1.54) is 18.4 Å². The van der Waals surface area contributed by atoms with Crippen LogP contribution in [0.1, 0.15) is 46.0 Å². The first-order valence-corrected chi connectivity index (χ1v) is 10.8. The first-order chi connectivity index (χ1) is 12.4. The highest BCUT2D eigenvalue weighted by atomic mass is 32.2. The molecule has 0 radical (unpaired) electrons. The molecule has 0 aromatic carbocycles. The Kier molecular flexibility index (Phi) is 6.21. The van der Waals surface area contributed by atoms with E-state index in [0.717, 1.165) is 57.6 Å². The minimum atomic E-state index is -0.228. The topological polar surface area (TPSA) is 49.9 Å². The van der Waals surface area contributed by atoms with Gasteiger partial charge in [-0.05, 0) is 48.3 Å². The summed E-state index contributed by atoms with van der Waals surface area (Å²) in [6.07, 6.45) is 7.34. The van der Waals surface area contributed by atoms with Crippen molar-refractivity contribution in [2.75, 3.05) is 39.0 Å². The number of hydrogen-bond acceptors (Lipinski definition) is 4. The van der Waals surface area contributed by atoms with Gasteiger partial charge in [-0.25, -0.2) is 4.79 Å². The van der Waals surface area contributed by atoms with Crippen LogP contribution in [-0.2, 0) is 9.53 Å². The fourth-order valence-electron chi connectivity index (χ4n) is 4.23. The number of allylic oxidation sites excluding steroid dienone is 1. The molecule has 1 atom stereocenters. The number of ether oxygens (including phenoxy) is 1. The molecule has 3 aliphatic rings. The number of amides is 2. The van der Waals surface area contributed by atoms with Crippen molar-refractivity contribution < 1.29 is 14.3 Å². The van der Waals surface area contributed by atoms with Crippen molar-refractivity contribution in [1.82, 2.24) is 9.80 Å². The molecule has 3 heterocycles. The summed E-state index contributed by atoms with van der Waals surface area (Å²) in [5, 5.41) is 0. The summed E-state index contributed by atoms with van der Waals surface area (Å²) in [6.45, 7) is 7.91. The summed E-state index contributed by atoms with van der Waals surface area (Å²) in [5.41, 5.74) is 0.355. The van der Waals surface area contributed by atoms with Crippen LogP contribution in [0.5, 0.6) is 0 Å². The predicted octanol–water partition coefficient (Wildman–Crippen LogP) is 3.75. The second-order valence-corrected chi connectivity index (χ2v) is 9.65.